The van der Waals surface area contributed by atoms with Crippen molar-refractivity contribution in [3.05, 3.63) is 87.1 Å². The maximum Gasteiger partial charge on any atom is 0.254 e. The molecule has 7 heteroatoms. The number of carbonyl (C=O) groups is 1. The summed E-state index contributed by atoms with van der Waals surface area (Å²) in [5, 5.41) is 3.33. The molecule has 0 aliphatic heterocycles. The van der Waals surface area contributed by atoms with E-state index in [0.29, 0.717) is 6.42 Å². The number of hydrogen-bond donors (Lipinski definition) is 1. The highest BCUT2D eigenvalue weighted by Crippen LogP contribution is 2.18. The molecule has 0 saturated heterocycles. The molecule has 26 heavy (non-hydrogen) atoms. The lowest BCUT2D eigenvalue weighted by atomic mass is 10.1. The molecule has 0 radical (unpaired) electrons. The maximum absolute atomic E-state index is 13.6. The van der Waals surface area contributed by atoms with Gasteiger partial charge in [0, 0.05) is 30.5 Å². The first-order valence-electron chi connectivity index (χ1n) is 7.94. The van der Waals surface area contributed by atoms with Crippen molar-refractivity contribution in [3.63, 3.8) is 0 Å². The van der Waals surface area contributed by atoms with Gasteiger partial charge in [-0.3, -0.25) is 4.79 Å². The van der Waals surface area contributed by atoms with Gasteiger partial charge in [-0.1, -0.05) is 30.3 Å². The van der Waals surface area contributed by atoms with Gasteiger partial charge in [0.15, 0.2) is 17.5 Å². The quantitative estimate of drug-likeness (QED) is 0.658. The van der Waals surface area contributed by atoms with Crippen molar-refractivity contribution in [1.29, 1.82) is 0 Å². The van der Waals surface area contributed by atoms with Crippen LogP contribution >= 0.6 is 11.3 Å². The lowest BCUT2D eigenvalue weighted by Crippen LogP contribution is -2.27. The number of nitrogens with zero attached hydrogens (tertiary/aromatic N) is 1. The number of thiazole rings is 1. The molecule has 0 aliphatic carbocycles. The van der Waals surface area contributed by atoms with E-state index in [1.165, 1.54) is 16.9 Å². The second-order valence-electron chi connectivity index (χ2n) is 5.61. The average molecular weight is 376 g/mol. The molecule has 0 fully saturated rings. The molecule has 0 unspecified atom stereocenters. The second-order valence-corrected chi connectivity index (χ2v) is 6.81. The van der Waals surface area contributed by atoms with Crippen LogP contribution in [0.1, 0.15) is 25.8 Å². The molecule has 0 aliphatic rings. The molecule has 0 bridgehead atoms. The number of hydrogen-bond acceptors (Lipinski definition) is 3. The fourth-order valence-electron chi connectivity index (χ4n) is 2.42. The van der Waals surface area contributed by atoms with Gasteiger partial charge in [-0.25, -0.2) is 18.2 Å². The smallest absolute Gasteiger partial charge is 0.254 e. The van der Waals surface area contributed by atoms with Crippen LogP contribution in [-0.2, 0) is 12.8 Å². The Balaban J connectivity index is 1.54. The summed E-state index contributed by atoms with van der Waals surface area (Å²) >= 11 is 1.54. The van der Waals surface area contributed by atoms with Crippen molar-refractivity contribution in [2.45, 2.75) is 12.8 Å². The van der Waals surface area contributed by atoms with E-state index in [0.717, 1.165) is 28.4 Å². The van der Waals surface area contributed by atoms with Gasteiger partial charge in [-0.05, 0) is 17.7 Å². The van der Waals surface area contributed by atoms with Gasteiger partial charge >= 0.3 is 0 Å². The van der Waals surface area contributed by atoms with E-state index < -0.39 is 28.9 Å². The number of benzene rings is 2. The topological polar surface area (TPSA) is 42.0 Å². The van der Waals surface area contributed by atoms with Gasteiger partial charge in [-0.2, -0.15) is 0 Å². The van der Waals surface area contributed by atoms with E-state index in [4.69, 9.17) is 0 Å². The number of rotatable bonds is 6. The molecule has 1 heterocycles. The Morgan fingerprint density at radius 3 is 2.58 bits per heavy atom. The van der Waals surface area contributed by atoms with Crippen LogP contribution < -0.4 is 5.32 Å². The summed E-state index contributed by atoms with van der Waals surface area (Å²) in [4.78, 5) is 17.3. The van der Waals surface area contributed by atoms with Gasteiger partial charge in [0.25, 0.3) is 5.91 Å². The zero-order valence-electron chi connectivity index (χ0n) is 13.6. The van der Waals surface area contributed by atoms with Crippen molar-refractivity contribution in [2.24, 2.45) is 0 Å². The Morgan fingerprint density at radius 2 is 1.81 bits per heavy atom. The monoisotopic (exact) mass is 376 g/mol. The minimum atomic E-state index is -1.65. The molecule has 2 aromatic carbocycles. The van der Waals surface area contributed by atoms with Crippen molar-refractivity contribution < 1.29 is 18.0 Å². The van der Waals surface area contributed by atoms with Crippen LogP contribution in [0.25, 0.3) is 0 Å². The third-order valence-electron chi connectivity index (χ3n) is 3.73. The molecule has 0 atom stereocenters. The van der Waals surface area contributed by atoms with Crippen molar-refractivity contribution in [1.82, 2.24) is 10.3 Å². The first-order chi connectivity index (χ1) is 12.5. The average Bonchev–Trinajstić information content (AvgIpc) is 3.08. The molecule has 0 saturated carbocycles. The zero-order valence-corrected chi connectivity index (χ0v) is 14.5. The number of carbonyl (C=O) groups excluding carboxylic acids is 1. The summed E-state index contributed by atoms with van der Waals surface area (Å²) in [7, 11) is 0. The van der Waals surface area contributed by atoms with Gasteiger partial charge in [0.1, 0.15) is 0 Å². The Hall–Kier alpha value is -2.67. The van der Waals surface area contributed by atoms with Gasteiger partial charge < -0.3 is 5.32 Å². The molecule has 3 aromatic rings. The van der Waals surface area contributed by atoms with E-state index in [1.807, 2.05) is 30.3 Å². The zero-order chi connectivity index (χ0) is 18.5. The van der Waals surface area contributed by atoms with Gasteiger partial charge in [-0.15, -0.1) is 11.3 Å². The minimum absolute atomic E-state index is 0.218. The Bertz CT molecular complexity index is 912. The van der Waals surface area contributed by atoms with Crippen molar-refractivity contribution in [3.8, 4) is 0 Å². The molecule has 1 amide bonds. The highest BCUT2D eigenvalue weighted by molar-refractivity contribution is 7.11. The highest BCUT2D eigenvalue weighted by atomic mass is 32.1. The van der Waals surface area contributed by atoms with Crippen LogP contribution in [0.4, 0.5) is 13.2 Å². The molecular formula is C19H15F3N2OS. The van der Waals surface area contributed by atoms with E-state index in [-0.39, 0.29) is 6.54 Å². The number of amides is 1. The molecule has 3 rings (SSSR count). The van der Waals surface area contributed by atoms with Crippen LogP contribution in [0.3, 0.4) is 0 Å². The molecule has 134 valence electrons. The number of aromatic nitrogens is 1. The summed E-state index contributed by atoms with van der Waals surface area (Å²) in [6, 6.07) is 11.6. The summed E-state index contributed by atoms with van der Waals surface area (Å²) in [6.07, 6.45) is 3.05. The highest BCUT2D eigenvalue weighted by Gasteiger charge is 2.18. The maximum atomic E-state index is 13.6. The van der Waals surface area contributed by atoms with Crippen LogP contribution in [0, 0.1) is 17.5 Å². The second kappa shape index (κ2) is 8.14. The minimum Gasteiger partial charge on any atom is -0.352 e. The van der Waals surface area contributed by atoms with Crippen LogP contribution in [-0.4, -0.2) is 17.4 Å². The number of halogens is 3. The van der Waals surface area contributed by atoms with Gasteiger partial charge in [0.05, 0.1) is 10.6 Å². The summed E-state index contributed by atoms with van der Waals surface area (Å²) in [5.74, 6) is -5.25. The van der Waals surface area contributed by atoms with Crippen LogP contribution in [0.5, 0.6) is 0 Å². The summed E-state index contributed by atoms with van der Waals surface area (Å²) < 4.78 is 39.7. The molecule has 1 N–H and O–H groups in total. The lowest BCUT2D eigenvalue weighted by Gasteiger charge is -2.06. The Labute approximate surface area is 152 Å². The lowest BCUT2D eigenvalue weighted by molar-refractivity contribution is 0.0949. The molecule has 0 spiro atoms. The summed E-state index contributed by atoms with van der Waals surface area (Å²) in [6.45, 7) is 0.218. The van der Waals surface area contributed by atoms with E-state index >= 15 is 0 Å². The fourth-order valence-corrected chi connectivity index (χ4v) is 3.38. The van der Waals surface area contributed by atoms with Gasteiger partial charge in [0.2, 0.25) is 0 Å². The Morgan fingerprint density at radius 1 is 1.04 bits per heavy atom. The van der Waals surface area contributed by atoms with E-state index in [9.17, 15) is 18.0 Å². The predicted octanol–water partition coefficient (Wildman–Crippen LogP) is 4.12. The third kappa shape index (κ3) is 4.29. The first kappa shape index (κ1) is 18.1. The standard InChI is InChI=1S/C19H15F3N2OS/c20-15-7-6-14(17(21)18(15)22)19(25)23-9-8-16-24-11-13(26-16)10-12-4-2-1-3-5-12/h1-7,11H,8-10H2,(H,23,25). The number of nitrogens with one attached hydrogen (secondary N) is 1. The summed E-state index contributed by atoms with van der Waals surface area (Å²) in [5.41, 5.74) is 0.664. The van der Waals surface area contributed by atoms with Crippen LogP contribution in [0.15, 0.2) is 48.7 Å². The third-order valence-corrected chi connectivity index (χ3v) is 4.78. The molecule has 1 aromatic heterocycles. The SMILES string of the molecule is O=C(NCCc1ncc(Cc2ccccc2)s1)c1ccc(F)c(F)c1F. The van der Waals surface area contributed by atoms with Crippen molar-refractivity contribution >= 4 is 17.2 Å². The molecular weight excluding hydrogens is 361 g/mol. The molecule has 3 nitrogen and oxygen atoms in total. The van der Waals surface area contributed by atoms with Crippen LogP contribution in [0.2, 0.25) is 0 Å². The Kier molecular flexibility index (Phi) is 5.68. The predicted molar refractivity (Wildman–Crippen MR) is 93.7 cm³/mol. The normalized spacial score (nSPS) is 10.7. The van der Waals surface area contributed by atoms with E-state index in [1.54, 1.807) is 6.20 Å². The first-order valence-corrected chi connectivity index (χ1v) is 8.75. The van der Waals surface area contributed by atoms with E-state index in [2.05, 4.69) is 10.3 Å². The van der Waals surface area contributed by atoms with Crippen molar-refractivity contribution in [2.75, 3.05) is 6.54 Å². The largest absolute Gasteiger partial charge is 0.352 e. The fraction of sp³-hybridized carbons (Fsp3) is 0.158.